The van der Waals surface area contributed by atoms with Crippen LogP contribution in [0.1, 0.15) is 17.5 Å². The van der Waals surface area contributed by atoms with E-state index < -0.39 is 0 Å². The van der Waals surface area contributed by atoms with Crippen LogP contribution in [0.5, 0.6) is 11.5 Å². The maximum atomic E-state index is 6.26. The van der Waals surface area contributed by atoms with Crippen molar-refractivity contribution in [3.05, 3.63) is 47.6 Å². The zero-order chi connectivity index (χ0) is 13.7. The van der Waals surface area contributed by atoms with Crippen molar-refractivity contribution in [3.8, 4) is 11.5 Å². The van der Waals surface area contributed by atoms with Crippen LogP contribution in [-0.2, 0) is 12.0 Å². The number of ether oxygens (including phenoxy) is 2. The van der Waals surface area contributed by atoms with Gasteiger partial charge in [-0.3, -0.25) is 0 Å². The molecule has 2 aliphatic heterocycles. The monoisotopic (exact) mass is 349 g/mol. The Morgan fingerprint density at radius 2 is 2.19 bits per heavy atom. The Morgan fingerprint density at radius 3 is 3.00 bits per heavy atom. The van der Waals surface area contributed by atoms with E-state index in [9.17, 15) is 0 Å². The summed E-state index contributed by atoms with van der Waals surface area (Å²) in [6, 6.07) is 4.23. The van der Waals surface area contributed by atoms with Crippen molar-refractivity contribution in [2.45, 2.75) is 24.5 Å². The second-order valence-corrected chi connectivity index (χ2v) is 5.94. The molecule has 0 aromatic heterocycles. The van der Waals surface area contributed by atoms with Gasteiger partial charge in [0.25, 0.3) is 0 Å². The lowest BCUT2D eigenvalue weighted by atomic mass is 9.71. The van der Waals surface area contributed by atoms with Gasteiger partial charge in [0.2, 0.25) is 0 Å². The number of rotatable bonds is 1. The van der Waals surface area contributed by atoms with E-state index >= 15 is 0 Å². The SMILES string of the molecule is Br.COc1ccc2c3c1O[C@H]1C=CC=C[C@@]31CCN(C)C2. The van der Waals surface area contributed by atoms with E-state index in [0.717, 1.165) is 31.0 Å². The molecule has 0 bridgehead atoms. The lowest BCUT2D eigenvalue weighted by molar-refractivity contribution is 0.193. The zero-order valence-electron chi connectivity index (χ0n) is 12.3. The van der Waals surface area contributed by atoms with Gasteiger partial charge in [0, 0.05) is 12.1 Å². The second-order valence-electron chi connectivity index (χ2n) is 5.94. The molecule has 0 fully saturated rings. The smallest absolute Gasteiger partial charge is 0.166 e. The van der Waals surface area contributed by atoms with Gasteiger partial charge in [-0.05, 0) is 37.7 Å². The first-order valence-electron chi connectivity index (χ1n) is 7.16. The van der Waals surface area contributed by atoms with E-state index in [1.165, 1.54) is 11.1 Å². The van der Waals surface area contributed by atoms with Crippen molar-refractivity contribution < 1.29 is 9.47 Å². The highest BCUT2D eigenvalue weighted by molar-refractivity contribution is 8.93. The molecule has 2 heterocycles. The first kappa shape index (κ1) is 14.7. The summed E-state index contributed by atoms with van der Waals surface area (Å²) in [6.45, 7) is 2.05. The Hall–Kier alpha value is -1.26. The van der Waals surface area contributed by atoms with Crippen molar-refractivity contribution in [2.24, 2.45) is 0 Å². The standard InChI is InChI=1S/C17H19NO2.BrH/c1-18-10-9-17-8-4-3-5-14(17)20-16-13(19-2)7-6-12(11-18)15(16)17;/h3-8,14H,9-11H2,1-2H3;1H/t14-,17-;/m0./s1. The van der Waals surface area contributed by atoms with Crippen LogP contribution in [0.3, 0.4) is 0 Å². The average Bonchev–Trinajstić information content (AvgIpc) is 2.74. The fraction of sp³-hybridized carbons (Fsp3) is 0.412. The first-order valence-corrected chi connectivity index (χ1v) is 7.16. The summed E-state index contributed by atoms with van der Waals surface area (Å²) in [5, 5.41) is 0. The highest BCUT2D eigenvalue weighted by atomic mass is 79.9. The molecule has 4 heteroatoms. The van der Waals surface area contributed by atoms with E-state index in [-0.39, 0.29) is 28.5 Å². The first-order chi connectivity index (χ1) is 9.74. The molecule has 1 spiro atoms. The van der Waals surface area contributed by atoms with Crippen LogP contribution < -0.4 is 9.47 Å². The van der Waals surface area contributed by atoms with Crippen molar-refractivity contribution in [3.63, 3.8) is 0 Å². The Kier molecular flexibility index (Phi) is 3.62. The van der Waals surface area contributed by atoms with Crippen molar-refractivity contribution in [1.29, 1.82) is 0 Å². The lowest BCUT2D eigenvalue weighted by Gasteiger charge is -2.31. The van der Waals surface area contributed by atoms with Crippen LogP contribution >= 0.6 is 17.0 Å². The van der Waals surface area contributed by atoms with Crippen molar-refractivity contribution in [2.75, 3.05) is 20.7 Å². The molecule has 3 nitrogen and oxygen atoms in total. The largest absolute Gasteiger partial charge is 0.493 e. The van der Waals surface area contributed by atoms with Gasteiger partial charge in [-0.2, -0.15) is 0 Å². The van der Waals surface area contributed by atoms with Gasteiger partial charge < -0.3 is 14.4 Å². The number of allylic oxidation sites excluding steroid dienone is 2. The average molecular weight is 350 g/mol. The summed E-state index contributed by atoms with van der Waals surface area (Å²) in [4.78, 5) is 2.39. The van der Waals surface area contributed by atoms with Crippen LogP contribution in [0, 0.1) is 0 Å². The molecule has 0 radical (unpaired) electrons. The van der Waals surface area contributed by atoms with Gasteiger partial charge in [-0.1, -0.05) is 24.3 Å². The van der Waals surface area contributed by atoms with Crippen molar-refractivity contribution >= 4 is 17.0 Å². The molecule has 21 heavy (non-hydrogen) atoms. The van der Waals surface area contributed by atoms with Gasteiger partial charge in [0.05, 0.1) is 12.5 Å². The fourth-order valence-corrected chi connectivity index (χ4v) is 3.78. The number of benzene rings is 1. The Balaban J connectivity index is 0.00000132. The normalized spacial score (nSPS) is 29.0. The summed E-state index contributed by atoms with van der Waals surface area (Å²) in [5.41, 5.74) is 2.69. The Labute approximate surface area is 136 Å². The third-order valence-corrected chi connectivity index (χ3v) is 4.78. The van der Waals surface area contributed by atoms with Gasteiger partial charge >= 0.3 is 0 Å². The maximum Gasteiger partial charge on any atom is 0.166 e. The molecule has 1 aliphatic carbocycles. The number of nitrogens with zero attached hydrogens (tertiary/aromatic N) is 1. The minimum Gasteiger partial charge on any atom is -0.493 e. The predicted octanol–water partition coefficient (Wildman–Crippen LogP) is 3.23. The van der Waals surface area contributed by atoms with Crippen LogP contribution in [0.15, 0.2) is 36.4 Å². The zero-order valence-corrected chi connectivity index (χ0v) is 14.0. The molecule has 1 aromatic rings. The topological polar surface area (TPSA) is 21.7 Å². The highest BCUT2D eigenvalue weighted by Crippen LogP contribution is 2.54. The molecule has 0 unspecified atom stereocenters. The van der Waals surface area contributed by atoms with Crippen LogP contribution in [0.2, 0.25) is 0 Å². The number of halogens is 1. The van der Waals surface area contributed by atoms with Crippen molar-refractivity contribution in [1.82, 2.24) is 4.90 Å². The van der Waals surface area contributed by atoms with Crippen LogP contribution in [0.25, 0.3) is 0 Å². The summed E-state index contributed by atoms with van der Waals surface area (Å²) < 4.78 is 11.8. The van der Waals surface area contributed by atoms with Crippen LogP contribution in [-0.4, -0.2) is 31.7 Å². The molecule has 2 atom stereocenters. The second kappa shape index (κ2) is 5.18. The summed E-state index contributed by atoms with van der Waals surface area (Å²) in [6.07, 6.45) is 9.93. The molecular weight excluding hydrogens is 330 g/mol. The highest BCUT2D eigenvalue weighted by Gasteiger charge is 2.50. The fourth-order valence-electron chi connectivity index (χ4n) is 3.78. The summed E-state index contributed by atoms with van der Waals surface area (Å²) in [7, 11) is 3.90. The van der Waals surface area contributed by atoms with Crippen LogP contribution in [0.4, 0.5) is 0 Å². The van der Waals surface area contributed by atoms with Gasteiger partial charge in [-0.15, -0.1) is 17.0 Å². The molecule has 4 rings (SSSR count). The van der Waals surface area contributed by atoms with E-state index in [1.54, 1.807) is 7.11 Å². The minimum atomic E-state index is -0.0152. The van der Waals surface area contributed by atoms with E-state index in [4.69, 9.17) is 9.47 Å². The summed E-state index contributed by atoms with van der Waals surface area (Å²) in [5.74, 6) is 1.80. The van der Waals surface area contributed by atoms with E-state index in [0.29, 0.717) is 0 Å². The number of hydrogen-bond donors (Lipinski definition) is 0. The number of methoxy groups -OCH3 is 1. The van der Waals surface area contributed by atoms with Gasteiger partial charge in [-0.25, -0.2) is 0 Å². The third kappa shape index (κ3) is 1.96. The number of hydrogen-bond acceptors (Lipinski definition) is 3. The molecule has 0 N–H and O–H groups in total. The Bertz CT molecular complexity index is 625. The molecule has 3 aliphatic rings. The molecular formula is C17H20BrNO2. The van der Waals surface area contributed by atoms with E-state index in [2.05, 4.69) is 42.3 Å². The molecule has 0 saturated heterocycles. The third-order valence-electron chi connectivity index (χ3n) is 4.78. The molecule has 0 saturated carbocycles. The lowest BCUT2D eigenvalue weighted by Crippen LogP contribution is -2.37. The molecule has 0 amide bonds. The predicted molar refractivity (Wildman–Crippen MR) is 88.6 cm³/mol. The quantitative estimate of drug-likeness (QED) is 0.776. The van der Waals surface area contributed by atoms with Gasteiger partial charge in [0.1, 0.15) is 6.10 Å². The minimum absolute atomic E-state index is 0. The van der Waals surface area contributed by atoms with E-state index in [1.807, 2.05) is 6.07 Å². The molecule has 1 aromatic carbocycles. The maximum absolute atomic E-state index is 6.26. The Morgan fingerprint density at radius 1 is 1.33 bits per heavy atom. The molecule has 112 valence electrons. The summed E-state index contributed by atoms with van der Waals surface area (Å²) >= 11 is 0. The van der Waals surface area contributed by atoms with Gasteiger partial charge in [0.15, 0.2) is 11.5 Å².